The summed E-state index contributed by atoms with van der Waals surface area (Å²) in [5.74, 6) is -0.338. The Morgan fingerprint density at radius 2 is 1.62 bits per heavy atom. The summed E-state index contributed by atoms with van der Waals surface area (Å²) < 4.78 is 5.11. The van der Waals surface area contributed by atoms with E-state index in [9.17, 15) is 4.79 Å². The summed E-state index contributed by atoms with van der Waals surface area (Å²) in [6.07, 6.45) is 0. The van der Waals surface area contributed by atoms with Crippen LogP contribution in [0.25, 0.3) is 10.8 Å². The van der Waals surface area contributed by atoms with Crippen LogP contribution in [-0.4, -0.2) is 12.6 Å². The second-order valence-electron chi connectivity index (χ2n) is 5.14. The van der Waals surface area contributed by atoms with Gasteiger partial charge in [-0.15, -0.1) is 12.4 Å². The van der Waals surface area contributed by atoms with Gasteiger partial charge in [-0.25, -0.2) is 4.79 Å². The smallest absolute Gasteiger partial charge is 0.340 e. The third-order valence-corrected chi connectivity index (χ3v) is 3.65. The summed E-state index contributed by atoms with van der Waals surface area (Å²) in [5, 5.41) is 5.31. The van der Waals surface area contributed by atoms with Crippen LogP contribution in [0, 0.1) is 0 Å². The number of nitrogens with two attached hydrogens (primary N) is 1. The molecule has 0 aromatic heterocycles. The Labute approximate surface area is 147 Å². The SMILES string of the molecule is CCOC(=O)c1ccccc1Nc1cccc2c(N)cccc12.Cl. The van der Waals surface area contributed by atoms with Gasteiger partial charge in [-0.3, -0.25) is 0 Å². The second kappa shape index (κ2) is 7.70. The lowest BCUT2D eigenvalue weighted by atomic mass is 10.1. The molecule has 0 fully saturated rings. The van der Waals surface area contributed by atoms with E-state index in [1.807, 2.05) is 54.6 Å². The molecule has 0 atom stereocenters. The molecular formula is C19H19ClN2O2. The highest BCUT2D eigenvalue weighted by atomic mass is 35.5. The minimum Gasteiger partial charge on any atom is -0.462 e. The molecule has 0 saturated carbocycles. The van der Waals surface area contributed by atoms with Gasteiger partial charge < -0.3 is 15.8 Å². The zero-order valence-corrected chi connectivity index (χ0v) is 14.1. The molecule has 3 aromatic rings. The Hall–Kier alpha value is -2.72. The number of nitrogens with one attached hydrogen (secondary N) is 1. The van der Waals surface area contributed by atoms with Gasteiger partial charge in [0.2, 0.25) is 0 Å². The van der Waals surface area contributed by atoms with Crippen LogP contribution < -0.4 is 11.1 Å². The number of rotatable bonds is 4. The molecule has 0 amide bonds. The van der Waals surface area contributed by atoms with Gasteiger partial charge in [0.05, 0.1) is 17.9 Å². The van der Waals surface area contributed by atoms with Crippen molar-refractivity contribution in [1.29, 1.82) is 0 Å². The van der Waals surface area contributed by atoms with E-state index < -0.39 is 0 Å². The van der Waals surface area contributed by atoms with Crippen LogP contribution in [0.4, 0.5) is 17.1 Å². The van der Waals surface area contributed by atoms with Gasteiger partial charge in [0.25, 0.3) is 0 Å². The van der Waals surface area contributed by atoms with Crippen molar-refractivity contribution in [1.82, 2.24) is 0 Å². The van der Waals surface area contributed by atoms with Gasteiger partial charge in [-0.1, -0.05) is 36.4 Å². The summed E-state index contributed by atoms with van der Waals surface area (Å²) in [6, 6.07) is 19.0. The highest BCUT2D eigenvalue weighted by molar-refractivity contribution is 6.03. The number of hydrogen-bond donors (Lipinski definition) is 2. The van der Waals surface area contributed by atoms with E-state index in [-0.39, 0.29) is 18.4 Å². The van der Waals surface area contributed by atoms with Crippen molar-refractivity contribution in [3.05, 3.63) is 66.2 Å². The van der Waals surface area contributed by atoms with Crippen LogP contribution in [0.1, 0.15) is 17.3 Å². The summed E-state index contributed by atoms with van der Waals surface area (Å²) in [7, 11) is 0. The normalized spacial score (nSPS) is 10.0. The topological polar surface area (TPSA) is 64.3 Å². The molecule has 3 rings (SSSR count). The molecule has 0 saturated heterocycles. The predicted octanol–water partition coefficient (Wildman–Crippen LogP) is 4.76. The lowest BCUT2D eigenvalue weighted by Crippen LogP contribution is -2.07. The monoisotopic (exact) mass is 342 g/mol. The van der Waals surface area contributed by atoms with E-state index >= 15 is 0 Å². The molecule has 0 radical (unpaired) electrons. The van der Waals surface area contributed by atoms with Gasteiger partial charge in [0.15, 0.2) is 0 Å². The summed E-state index contributed by atoms with van der Waals surface area (Å²) in [4.78, 5) is 12.1. The molecule has 0 spiro atoms. The minimum atomic E-state index is -0.338. The average Bonchev–Trinajstić information content (AvgIpc) is 2.56. The highest BCUT2D eigenvalue weighted by Gasteiger charge is 2.13. The van der Waals surface area contributed by atoms with E-state index in [1.54, 1.807) is 13.0 Å². The molecule has 3 aromatic carbocycles. The van der Waals surface area contributed by atoms with Crippen molar-refractivity contribution in [2.75, 3.05) is 17.7 Å². The summed E-state index contributed by atoms with van der Waals surface area (Å²) in [6.45, 7) is 2.14. The van der Waals surface area contributed by atoms with Gasteiger partial charge in [0.1, 0.15) is 0 Å². The molecule has 24 heavy (non-hydrogen) atoms. The number of esters is 1. The number of para-hydroxylation sites is 1. The first-order valence-corrected chi connectivity index (χ1v) is 7.51. The number of fused-ring (bicyclic) bond motifs is 1. The van der Waals surface area contributed by atoms with Crippen LogP contribution in [0.3, 0.4) is 0 Å². The molecule has 0 aliphatic rings. The van der Waals surface area contributed by atoms with Crippen LogP contribution in [0.2, 0.25) is 0 Å². The van der Waals surface area contributed by atoms with E-state index in [2.05, 4.69) is 5.32 Å². The maximum Gasteiger partial charge on any atom is 0.340 e. The van der Waals surface area contributed by atoms with Crippen LogP contribution in [0.15, 0.2) is 60.7 Å². The number of benzene rings is 3. The molecule has 3 N–H and O–H groups in total. The van der Waals surface area contributed by atoms with Crippen LogP contribution in [-0.2, 0) is 4.74 Å². The van der Waals surface area contributed by atoms with Crippen molar-refractivity contribution < 1.29 is 9.53 Å². The summed E-state index contributed by atoms with van der Waals surface area (Å²) in [5.41, 5.74) is 8.87. The predicted molar refractivity (Wildman–Crippen MR) is 101 cm³/mol. The van der Waals surface area contributed by atoms with E-state index in [1.165, 1.54) is 0 Å². The fourth-order valence-corrected chi connectivity index (χ4v) is 2.57. The quantitative estimate of drug-likeness (QED) is 0.529. The van der Waals surface area contributed by atoms with Gasteiger partial charge in [0, 0.05) is 22.1 Å². The van der Waals surface area contributed by atoms with Gasteiger partial charge in [-0.2, -0.15) is 0 Å². The number of ether oxygens (including phenoxy) is 1. The minimum absolute atomic E-state index is 0. The Morgan fingerprint density at radius 1 is 0.958 bits per heavy atom. The lowest BCUT2D eigenvalue weighted by Gasteiger charge is -2.14. The molecule has 0 bridgehead atoms. The molecule has 0 heterocycles. The number of anilines is 3. The Morgan fingerprint density at radius 3 is 2.42 bits per heavy atom. The summed E-state index contributed by atoms with van der Waals surface area (Å²) >= 11 is 0. The van der Waals surface area contributed by atoms with E-state index in [0.29, 0.717) is 17.9 Å². The first-order valence-electron chi connectivity index (χ1n) is 7.51. The maximum absolute atomic E-state index is 12.1. The first kappa shape index (κ1) is 17.6. The Kier molecular flexibility index (Phi) is 5.66. The molecule has 0 aliphatic carbocycles. The number of carbonyl (C=O) groups excluding carboxylic acids is 1. The molecule has 124 valence electrons. The molecular weight excluding hydrogens is 324 g/mol. The number of hydrogen-bond acceptors (Lipinski definition) is 4. The van der Waals surface area contributed by atoms with Crippen molar-refractivity contribution in [3.63, 3.8) is 0 Å². The molecule has 5 heteroatoms. The zero-order chi connectivity index (χ0) is 16.2. The number of halogens is 1. The first-order chi connectivity index (χ1) is 11.2. The van der Waals surface area contributed by atoms with Gasteiger partial charge >= 0.3 is 5.97 Å². The van der Waals surface area contributed by atoms with Crippen molar-refractivity contribution in [2.24, 2.45) is 0 Å². The highest BCUT2D eigenvalue weighted by Crippen LogP contribution is 2.30. The van der Waals surface area contributed by atoms with Crippen LogP contribution in [0.5, 0.6) is 0 Å². The third kappa shape index (κ3) is 3.44. The molecule has 0 unspecified atom stereocenters. The lowest BCUT2D eigenvalue weighted by molar-refractivity contribution is 0.0527. The standard InChI is InChI=1S/C19H18N2O2.ClH/c1-2-23-19(22)15-7-3-4-11-18(15)21-17-12-6-8-13-14(17)9-5-10-16(13)20;/h3-12,21H,2,20H2,1H3;1H. The number of nitrogen functional groups attached to an aromatic ring is 1. The second-order valence-corrected chi connectivity index (χ2v) is 5.14. The largest absolute Gasteiger partial charge is 0.462 e. The fourth-order valence-electron chi connectivity index (χ4n) is 2.57. The number of carbonyl (C=O) groups is 1. The molecule has 4 nitrogen and oxygen atoms in total. The Balaban J connectivity index is 0.00000208. The zero-order valence-electron chi connectivity index (χ0n) is 13.3. The van der Waals surface area contributed by atoms with Crippen LogP contribution >= 0.6 is 12.4 Å². The van der Waals surface area contributed by atoms with Crippen molar-refractivity contribution in [3.8, 4) is 0 Å². The third-order valence-electron chi connectivity index (χ3n) is 3.65. The fraction of sp³-hybridized carbons (Fsp3) is 0.105. The van der Waals surface area contributed by atoms with Crippen molar-refractivity contribution in [2.45, 2.75) is 6.92 Å². The maximum atomic E-state index is 12.1. The molecule has 0 aliphatic heterocycles. The van der Waals surface area contributed by atoms with E-state index in [4.69, 9.17) is 10.5 Å². The van der Waals surface area contributed by atoms with Crippen molar-refractivity contribution >= 4 is 46.2 Å². The van der Waals surface area contributed by atoms with E-state index in [0.717, 1.165) is 22.1 Å². The van der Waals surface area contributed by atoms with Gasteiger partial charge in [-0.05, 0) is 31.2 Å². The average molecular weight is 343 g/mol. The Bertz CT molecular complexity index is 865.